The molecule has 2 heteroatoms. The molecule has 0 radical (unpaired) electrons. The van der Waals surface area contributed by atoms with Gasteiger partial charge < -0.3 is 5.32 Å². The highest BCUT2D eigenvalue weighted by Gasteiger charge is 2.07. The summed E-state index contributed by atoms with van der Waals surface area (Å²) in [6.07, 6.45) is 3.57. The number of aryl methyl sites for hydroxylation is 1. The highest BCUT2D eigenvalue weighted by molar-refractivity contribution is 7.11. The normalized spacial score (nSPS) is 13.1. The van der Waals surface area contributed by atoms with Gasteiger partial charge in [0.2, 0.25) is 0 Å². The first-order chi connectivity index (χ1) is 6.80. The van der Waals surface area contributed by atoms with Gasteiger partial charge in [-0.25, -0.2) is 0 Å². The average molecular weight is 211 g/mol. The summed E-state index contributed by atoms with van der Waals surface area (Å²) in [7, 11) is 0. The Hall–Kier alpha value is -0.340. The highest BCUT2D eigenvalue weighted by Crippen LogP contribution is 2.19. The number of hydrogen-bond acceptors (Lipinski definition) is 2. The zero-order chi connectivity index (χ0) is 10.4. The first kappa shape index (κ1) is 11.7. The van der Waals surface area contributed by atoms with Gasteiger partial charge in [0.15, 0.2) is 0 Å². The Morgan fingerprint density at radius 1 is 1.21 bits per heavy atom. The molecule has 0 aliphatic rings. The zero-order valence-electron chi connectivity index (χ0n) is 9.47. The predicted molar refractivity (Wildman–Crippen MR) is 65.2 cm³/mol. The van der Waals surface area contributed by atoms with Crippen molar-refractivity contribution in [2.45, 2.75) is 46.1 Å². The molecule has 0 fully saturated rings. The molecule has 1 unspecified atom stereocenters. The summed E-state index contributed by atoms with van der Waals surface area (Å²) < 4.78 is 0. The van der Waals surface area contributed by atoms with Gasteiger partial charge >= 0.3 is 0 Å². The van der Waals surface area contributed by atoms with Crippen LogP contribution in [0.4, 0.5) is 0 Å². The zero-order valence-corrected chi connectivity index (χ0v) is 10.3. The maximum absolute atomic E-state index is 3.51. The first-order valence-electron chi connectivity index (χ1n) is 5.61. The molecule has 1 nitrogen and oxygen atoms in total. The summed E-state index contributed by atoms with van der Waals surface area (Å²) in [4.78, 5) is 3.03. The number of rotatable bonds is 6. The van der Waals surface area contributed by atoms with E-state index in [9.17, 15) is 0 Å². The molecule has 80 valence electrons. The quantitative estimate of drug-likeness (QED) is 0.761. The van der Waals surface area contributed by atoms with E-state index in [0.29, 0.717) is 6.04 Å². The molecule has 0 saturated heterocycles. The fraction of sp³-hybridized carbons (Fsp3) is 0.667. The third kappa shape index (κ3) is 3.43. The minimum atomic E-state index is 0.656. The number of likely N-dealkylation sites (N-methyl/N-ethyl adjacent to an activating group) is 1. The van der Waals surface area contributed by atoms with Crippen molar-refractivity contribution in [3.63, 3.8) is 0 Å². The van der Waals surface area contributed by atoms with Crippen molar-refractivity contribution >= 4 is 11.3 Å². The van der Waals surface area contributed by atoms with Crippen LogP contribution >= 0.6 is 11.3 Å². The smallest absolute Gasteiger partial charge is 0.0113 e. The highest BCUT2D eigenvalue weighted by atomic mass is 32.1. The Morgan fingerprint density at radius 2 is 1.93 bits per heavy atom. The van der Waals surface area contributed by atoms with Crippen molar-refractivity contribution in [3.8, 4) is 0 Å². The second-order valence-electron chi connectivity index (χ2n) is 3.59. The largest absolute Gasteiger partial charge is 0.314 e. The molecule has 0 spiro atoms. The summed E-state index contributed by atoms with van der Waals surface area (Å²) >= 11 is 1.96. The van der Waals surface area contributed by atoms with Crippen LogP contribution in [-0.4, -0.2) is 12.6 Å². The van der Waals surface area contributed by atoms with Crippen LogP contribution in [0, 0.1) is 0 Å². The number of thiophene rings is 1. The van der Waals surface area contributed by atoms with E-state index in [1.54, 1.807) is 0 Å². The minimum absolute atomic E-state index is 0.656. The van der Waals surface area contributed by atoms with Crippen LogP contribution in [0.3, 0.4) is 0 Å². The van der Waals surface area contributed by atoms with Gasteiger partial charge in [0.1, 0.15) is 0 Å². The molecule has 0 aromatic carbocycles. The molecular formula is C12H21NS. The van der Waals surface area contributed by atoms with Crippen LogP contribution in [0.25, 0.3) is 0 Å². The van der Waals surface area contributed by atoms with E-state index in [1.165, 1.54) is 29.0 Å². The van der Waals surface area contributed by atoms with E-state index in [1.807, 2.05) is 11.3 Å². The lowest BCUT2D eigenvalue weighted by atomic mass is 10.1. The van der Waals surface area contributed by atoms with Gasteiger partial charge in [0.05, 0.1) is 0 Å². The van der Waals surface area contributed by atoms with Crippen LogP contribution in [0.2, 0.25) is 0 Å². The molecule has 1 heterocycles. The molecule has 1 aromatic rings. The van der Waals surface area contributed by atoms with E-state index >= 15 is 0 Å². The Labute approximate surface area is 91.5 Å². The summed E-state index contributed by atoms with van der Waals surface area (Å²) in [5, 5.41) is 3.51. The molecule has 1 rings (SSSR count). The van der Waals surface area contributed by atoms with E-state index in [-0.39, 0.29) is 0 Å². The molecule has 0 amide bonds. The van der Waals surface area contributed by atoms with Crippen LogP contribution in [0.5, 0.6) is 0 Å². The summed E-state index contributed by atoms with van der Waals surface area (Å²) in [6.45, 7) is 7.72. The van der Waals surface area contributed by atoms with Crippen molar-refractivity contribution in [1.82, 2.24) is 5.32 Å². The molecule has 0 aliphatic carbocycles. The van der Waals surface area contributed by atoms with E-state index in [4.69, 9.17) is 0 Å². The van der Waals surface area contributed by atoms with E-state index in [2.05, 4.69) is 38.2 Å². The Bertz CT molecular complexity index is 255. The lowest BCUT2D eigenvalue weighted by molar-refractivity contribution is 0.513. The minimum Gasteiger partial charge on any atom is -0.314 e. The molecule has 0 bridgehead atoms. The molecular weight excluding hydrogens is 190 g/mol. The third-order valence-electron chi connectivity index (χ3n) is 2.50. The molecule has 1 atom stereocenters. The SMILES string of the molecule is CCNC(CC)Cc1ccc(CC)s1. The fourth-order valence-electron chi connectivity index (χ4n) is 1.61. The van der Waals surface area contributed by atoms with Gasteiger partial charge in [-0.15, -0.1) is 11.3 Å². The molecule has 1 aromatic heterocycles. The second kappa shape index (κ2) is 6.20. The van der Waals surface area contributed by atoms with Crippen molar-refractivity contribution in [2.24, 2.45) is 0 Å². The van der Waals surface area contributed by atoms with Gasteiger partial charge in [0, 0.05) is 15.8 Å². The standard InChI is InChI=1S/C12H21NS/c1-4-10(13-6-3)9-12-8-7-11(5-2)14-12/h7-8,10,13H,4-6,9H2,1-3H3. The van der Waals surface area contributed by atoms with E-state index < -0.39 is 0 Å². The second-order valence-corrected chi connectivity index (χ2v) is 4.84. The molecule has 0 aliphatic heterocycles. The molecule has 14 heavy (non-hydrogen) atoms. The average Bonchev–Trinajstić information content (AvgIpc) is 2.65. The van der Waals surface area contributed by atoms with Crippen molar-refractivity contribution in [1.29, 1.82) is 0 Å². The molecule has 1 N–H and O–H groups in total. The van der Waals surface area contributed by atoms with Crippen LogP contribution < -0.4 is 5.32 Å². The fourth-order valence-corrected chi connectivity index (χ4v) is 2.65. The lowest BCUT2D eigenvalue weighted by Gasteiger charge is -2.14. The number of hydrogen-bond donors (Lipinski definition) is 1. The summed E-state index contributed by atoms with van der Waals surface area (Å²) in [5.41, 5.74) is 0. The Balaban J connectivity index is 2.48. The lowest BCUT2D eigenvalue weighted by Crippen LogP contribution is -2.29. The van der Waals surface area contributed by atoms with Gasteiger partial charge in [0.25, 0.3) is 0 Å². The van der Waals surface area contributed by atoms with Crippen LogP contribution in [-0.2, 0) is 12.8 Å². The summed E-state index contributed by atoms with van der Waals surface area (Å²) in [6, 6.07) is 5.20. The van der Waals surface area contributed by atoms with Crippen LogP contribution in [0.15, 0.2) is 12.1 Å². The topological polar surface area (TPSA) is 12.0 Å². The van der Waals surface area contributed by atoms with Gasteiger partial charge in [-0.1, -0.05) is 20.8 Å². The van der Waals surface area contributed by atoms with Gasteiger partial charge in [-0.05, 0) is 37.9 Å². The predicted octanol–water partition coefficient (Wildman–Crippen LogP) is 3.24. The Kier molecular flexibility index (Phi) is 5.20. The summed E-state index contributed by atoms with van der Waals surface area (Å²) in [5.74, 6) is 0. The molecule has 0 saturated carbocycles. The third-order valence-corrected chi connectivity index (χ3v) is 3.75. The Morgan fingerprint density at radius 3 is 2.43 bits per heavy atom. The maximum atomic E-state index is 3.51. The monoisotopic (exact) mass is 211 g/mol. The van der Waals surface area contributed by atoms with Crippen molar-refractivity contribution < 1.29 is 0 Å². The maximum Gasteiger partial charge on any atom is 0.0113 e. The van der Waals surface area contributed by atoms with E-state index in [0.717, 1.165) is 6.54 Å². The number of nitrogens with one attached hydrogen (secondary N) is 1. The van der Waals surface area contributed by atoms with Crippen molar-refractivity contribution in [3.05, 3.63) is 21.9 Å². The van der Waals surface area contributed by atoms with Gasteiger partial charge in [-0.2, -0.15) is 0 Å². The van der Waals surface area contributed by atoms with Gasteiger partial charge in [-0.3, -0.25) is 0 Å². The first-order valence-corrected chi connectivity index (χ1v) is 6.42. The van der Waals surface area contributed by atoms with Crippen molar-refractivity contribution in [2.75, 3.05) is 6.54 Å². The van der Waals surface area contributed by atoms with Crippen LogP contribution in [0.1, 0.15) is 36.9 Å².